The number of carbonyl (C=O) groups is 2. The van der Waals surface area contributed by atoms with E-state index < -0.39 is 0 Å². The van der Waals surface area contributed by atoms with Crippen LogP contribution in [0.25, 0.3) is 0 Å². The Morgan fingerprint density at radius 1 is 1.19 bits per heavy atom. The van der Waals surface area contributed by atoms with E-state index in [4.69, 9.17) is 4.74 Å². The number of morpholine rings is 1. The highest BCUT2D eigenvalue weighted by Gasteiger charge is 2.23. The summed E-state index contributed by atoms with van der Waals surface area (Å²) in [6.07, 6.45) is 0.274. The molecule has 0 aromatic carbocycles. The molecule has 0 spiro atoms. The molecule has 2 N–H and O–H groups in total. The molecule has 0 unspecified atom stereocenters. The maximum atomic E-state index is 12.2. The highest BCUT2D eigenvalue weighted by molar-refractivity contribution is 7.10. The fourth-order valence-electron chi connectivity index (χ4n) is 2.86. The smallest absolute Gasteiger partial charge is 0.252 e. The van der Waals surface area contributed by atoms with Crippen molar-refractivity contribution in [1.29, 1.82) is 0 Å². The molecule has 1 saturated heterocycles. The molecule has 140 valence electrons. The van der Waals surface area contributed by atoms with Crippen LogP contribution in [0.4, 0.5) is 0 Å². The van der Waals surface area contributed by atoms with Crippen molar-refractivity contribution in [1.82, 2.24) is 15.5 Å². The van der Waals surface area contributed by atoms with Crippen LogP contribution in [0.2, 0.25) is 0 Å². The van der Waals surface area contributed by atoms with Gasteiger partial charge < -0.3 is 15.4 Å². The zero-order valence-electron chi connectivity index (χ0n) is 14.5. The first kappa shape index (κ1) is 19.0. The van der Waals surface area contributed by atoms with Crippen LogP contribution in [0.1, 0.15) is 27.7 Å². The van der Waals surface area contributed by atoms with Crippen molar-refractivity contribution in [2.24, 2.45) is 0 Å². The third-order valence-electron chi connectivity index (χ3n) is 4.27. The molecule has 1 aliphatic heterocycles. The van der Waals surface area contributed by atoms with Gasteiger partial charge >= 0.3 is 0 Å². The number of thiophene rings is 2. The van der Waals surface area contributed by atoms with Crippen LogP contribution in [0.3, 0.4) is 0 Å². The molecular weight excluding hydrogens is 370 g/mol. The van der Waals surface area contributed by atoms with Crippen LogP contribution < -0.4 is 10.6 Å². The highest BCUT2D eigenvalue weighted by Crippen LogP contribution is 2.25. The van der Waals surface area contributed by atoms with Crippen molar-refractivity contribution in [3.05, 3.63) is 44.8 Å². The van der Waals surface area contributed by atoms with Gasteiger partial charge in [-0.3, -0.25) is 14.5 Å². The van der Waals surface area contributed by atoms with Crippen LogP contribution in [0, 0.1) is 0 Å². The topological polar surface area (TPSA) is 70.7 Å². The van der Waals surface area contributed by atoms with E-state index in [1.165, 1.54) is 16.2 Å². The molecule has 2 aromatic rings. The summed E-state index contributed by atoms with van der Waals surface area (Å²) in [4.78, 5) is 27.6. The van der Waals surface area contributed by atoms with Crippen LogP contribution in [0.15, 0.2) is 34.3 Å². The average Bonchev–Trinajstić information content (AvgIpc) is 3.37. The standard InChI is InChI=1S/C18H23N3O3S2/c22-17(3-5-19-18(23)14-4-11-25-13-14)20-12-15(16-2-1-10-26-16)21-6-8-24-9-7-21/h1-2,4,10-11,13,15H,3,5-9,12H2,(H,19,23)(H,20,22)/t15-/m0/s1. The second kappa shape index (κ2) is 9.82. The zero-order valence-corrected chi connectivity index (χ0v) is 16.1. The summed E-state index contributed by atoms with van der Waals surface area (Å²) < 4.78 is 5.43. The minimum atomic E-state index is -0.135. The van der Waals surface area contributed by atoms with Gasteiger partial charge in [0, 0.05) is 48.4 Å². The molecule has 0 saturated carbocycles. The fraction of sp³-hybridized carbons (Fsp3) is 0.444. The SMILES string of the molecule is O=C(CCNC(=O)c1ccsc1)NC[C@@H](c1cccs1)N1CCOCC1. The molecule has 0 aliphatic carbocycles. The predicted molar refractivity (Wildman–Crippen MR) is 104 cm³/mol. The maximum Gasteiger partial charge on any atom is 0.252 e. The summed E-state index contributed by atoms with van der Waals surface area (Å²) in [5.41, 5.74) is 0.639. The number of carbonyl (C=O) groups excluding carboxylic acids is 2. The molecule has 0 bridgehead atoms. The quantitative estimate of drug-likeness (QED) is 0.721. The third-order valence-corrected chi connectivity index (χ3v) is 5.93. The Morgan fingerprint density at radius 2 is 2.04 bits per heavy atom. The molecule has 8 heteroatoms. The second-order valence-electron chi connectivity index (χ2n) is 6.00. The fourth-order valence-corrected chi connectivity index (χ4v) is 4.36. The van der Waals surface area contributed by atoms with Gasteiger partial charge in [-0.25, -0.2) is 0 Å². The lowest BCUT2D eigenvalue weighted by Gasteiger charge is -2.34. The number of hydrogen-bond donors (Lipinski definition) is 2. The van der Waals surface area contributed by atoms with Crippen molar-refractivity contribution in [3.8, 4) is 0 Å². The number of rotatable bonds is 8. The van der Waals surface area contributed by atoms with Crippen LogP contribution in [-0.4, -0.2) is 56.1 Å². The zero-order chi connectivity index (χ0) is 18.2. The molecule has 1 fully saturated rings. The summed E-state index contributed by atoms with van der Waals surface area (Å²) in [6, 6.07) is 6.09. The summed E-state index contributed by atoms with van der Waals surface area (Å²) in [5.74, 6) is -0.186. The lowest BCUT2D eigenvalue weighted by Crippen LogP contribution is -2.43. The van der Waals surface area contributed by atoms with Gasteiger partial charge in [0.05, 0.1) is 19.3 Å². The van der Waals surface area contributed by atoms with Gasteiger partial charge in [-0.05, 0) is 22.9 Å². The highest BCUT2D eigenvalue weighted by atomic mass is 32.1. The van der Waals surface area contributed by atoms with E-state index >= 15 is 0 Å². The van der Waals surface area contributed by atoms with E-state index in [2.05, 4.69) is 27.0 Å². The van der Waals surface area contributed by atoms with E-state index in [0.29, 0.717) is 18.7 Å². The van der Waals surface area contributed by atoms with E-state index in [-0.39, 0.29) is 24.3 Å². The van der Waals surface area contributed by atoms with Gasteiger partial charge in [0.25, 0.3) is 5.91 Å². The Hall–Kier alpha value is -1.74. The van der Waals surface area contributed by atoms with Crippen molar-refractivity contribution < 1.29 is 14.3 Å². The Labute approximate surface area is 161 Å². The Morgan fingerprint density at radius 3 is 2.73 bits per heavy atom. The Kier molecular flexibility index (Phi) is 7.19. The van der Waals surface area contributed by atoms with E-state index in [9.17, 15) is 9.59 Å². The summed E-state index contributed by atoms with van der Waals surface area (Å²) in [6.45, 7) is 4.10. The van der Waals surface area contributed by atoms with E-state index in [1.807, 2.05) is 11.4 Å². The number of amides is 2. The lowest BCUT2D eigenvalue weighted by atomic mass is 10.2. The molecule has 1 atom stereocenters. The molecule has 3 rings (SSSR count). The molecule has 2 amide bonds. The lowest BCUT2D eigenvalue weighted by molar-refractivity contribution is -0.121. The predicted octanol–water partition coefficient (Wildman–Crippen LogP) is 2.12. The molecule has 6 nitrogen and oxygen atoms in total. The summed E-state index contributed by atoms with van der Waals surface area (Å²) in [7, 11) is 0. The molecule has 0 radical (unpaired) electrons. The normalized spacial score (nSPS) is 16.2. The molecule has 26 heavy (non-hydrogen) atoms. The van der Waals surface area contributed by atoms with Gasteiger partial charge in [0.1, 0.15) is 0 Å². The van der Waals surface area contributed by atoms with Crippen molar-refractivity contribution >= 4 is 34.5 Å². The monoisotopic (exact) mass is 393 g/mol. The molecule has 3 heterocycles. The minimum absolute atomic E-state index is 0.0505. The first-order chi connectivity index (χ1) is 12.7. The van der Waals surface area contributed by atoms with Crippen LogP contribution >= 0.6 is 22.7 Å². The van der Waals surface area contributed by atoms with Gasteiger partial charge in [0.2, 0.25) is 5.91 Å². The molecule has 1 aliphatic rings. The molecule has 2 aromatic heterocycles. The van der Waals surface area contributed by atoms with Gasteiger partial charge in [-0.1, -0.05) is 6.07 Å². The second-order valence-corrected chi connectivity index (χ2v) is 7.76. The first-order valence-corrected chi connectivity index (χ1v) is 10.5. The van der Waals surface area contributed by atoms with E-state index in [0.717, 1.165) is 26.3 Å². The first-order valence-electron chi connectivity index (χ1n) is 8.66. The number of nitrogens with one attached hydrogen (secondary N) is 2. The molecular formula is C18H23N3O3S2. The van der Waals surface area contributed by atoms with Crippen LogP contribution in [-0.2, 0) is 9.53 Å². The van der Waals surface area contributed by atoms with Gasteiger partial charge in [-0.2, -0.15) is 11.3 Å². The Bertz CT molecular complexity index is 683. The largest absolute Gasteiger partial charge is 0.379 e. The van der Waals surface area contributed by atoms with Gasteiger partial charge in [-0.15, -0.1) is 11.3 Å². The van der Waals surface area contributed by atoms with Crippen LogP contribution in [0.5, 0.6) is 0 Å². The number of hydrogen-bond acceptors (Lipinski definition) is 6. The summed E-state index contributed by atoms with van der Waals surface area (Å²) >= 11 is 3.19. The summed E-state index contributed by atoms with van der Waals surface area (Å²) in [5, 5.41) is 11.5. The Balaban J connectivity index is 1.44. The van der Waals surface area contributed by atoms with Crippen molar-refractivity contribution in [2.75, 3.05) is 39.4 Å². The van der Waals surface area contributed by atoms with E-state index in [1.54, 1.807) is 22.8 Å². The average molecular weight is 394 g/mol. The number of ether oxygens (including phenoxy) is 1. The van der Waals surface area contributed by atoms with Crippen molar-refractivity contribution in [3.63, 3.8) is 0 Å². The van der Waals surface area contributed by atoms with Gasteiger partial charge in [0.15, 0.2) is 0 Å². The minimum Gasteiger partial charge on any atom is -0.379 e. The maximum absolute atomic E-state index is 12.2. The number of nitrogens with zero attached hydrogens (tertiary/aromatic N) is 1. The van der Waals surface area contributed by atoms with Crippen molar-refractivity contribution in [2.45, 2.75) is 12.5 Å². The third kappa shape index (κ3) is 5.38.